The molecule has 6 N–H and O–H groups in total. The van der Waals surface area contributed by atoms with Crippen LogP contribution in [0.25, 0.3) is 30.6 Å². The minimum absolute atomic E-state index is 0.0467. The summed E-state index contributed by atoms with van der Waals surface area (Å²) in [7, 11) is 0. The van der Waals surface area contributed by atoms with Gasteiger partial charge >= 0.3 is 0 Å². The first-order chi connectivity index (χ1) is 54.5. The highest BCUT2D eigenvalue weighted by molar-refractivity contribution is 9.08. The molecule has 0 unspecified atom stereocenters. The van der Waals surface area contributed by atoms with E-state index in [1.54, 1.807) is 40.9 Å². The number of para-hydroxylation sites is 6. The number of hydrogen-bond donors (Lipinski definition) is 4. The van der Waals surface area contributed by atoms with Gasteiger partial charge in [-0.15, -0.1) is 34.0 Å². The Morgan fingerprint density at radius 3 is 1.10 bits per heavy atom. The Kier molecular flexibility index (Phi) is 29.4. The molecule has 3 heterocycles. The van der Waals surface area contributed by atoms with E-state index in [0.29, 0.717) is 22.0 Å². The molecule has 0 aliphatic carbocycles. The molecule has 0 saturated carbocycles. The number of aryl methyl sites for hydroxylation is 1. The summed E-state index contributed by atoms with van der Waals surface area (Å²) in [5, 5.41) is 9.32. The zero-order valence-corrected chi connectivity index (χ0v) is 65.3. The summed E-state index contributed by atoms with van der Waals surface area (Å²) in [4.78, 5) is 36.3. The first-order valence-electron chi connectivity index (χ1n) is 34.6. The molecule has 0 fully saturated rings. The van der Waals surface area contributed by atoms with Crippen molar-refractivity contribution in [1.29, 1.82) is 0 Å². The van der Waals surface area contributed by atoms with Crippen molar-refractivity contribution in [2.45, 2.75) is 32.7 Å². The number of primary amides is 1. The molecule has 562 valence electrons. The number of hydrogen-bond acceptors (Lipinski definition) is 17. The van der Waals surface area contributed by atoms with Crippen LogP contribution < -0.4 is 55.3 Å². The van der Waals surface area contributed by atoms with Crippen molar-refractivity contribution in [2.24, 2.45) is 5.73 Å². The Labute approximate surface area is 671 Å². The predicted octanol–water partition coefficient (Wildman–Crippen LogP) is 25.2. The average molecular weight is 1630 g/mol. The number of carbonyl (C=O) groups is 2. The monoisotopic (exact) mass is 1630 g/mol. The molecular formula is C89H72BrF2N7O9S4. The molecule has 3 aromatic heterocycles. The van der Waals surface area contributed by atoms with Crippen LogP contribution >= 0.6 is 62.2 Å². The molecular weight excluding hydrogens is 1560 g/mol. The summed E-state index contributed by atoms with van der Waals surface area (Å²) in [6, 6.07) is 99.6. The number of carbonyl (C=O) groups excluding carboxylic acids is 2. The molecule has 23 heteroatoms. The Hall–Kier alpha value is -12.9. The smallest absolute Gasteiger partial charge is 0.254 e. The van der Waals surface area contributed by atoms with Gasteiger partial charge in [0.05, 0.1) is 46.0 Å². The second-order valence-electron chi connectivity index (χ2n) is 23.8. The Morgan fingerprint density at radius 2 is 0.732 bits per heavy atom. The van der Waals surface area contributed by atoms with Crippen LogP contribution in [0, 0.1) is 18.6 Å². The highest BCUT2D eigenvalue weighted by Crippen LogP contribution is 2.34. The first kappa shape index (κ1) is 80.1. The molecule has 0 aliphatic heterocycles. The van der Waals surface area contributed by atoms with Crippen LogP contribution in [-0.2, 0) is 16.7 Å². The number of nitrogens with two attached hydrogens (primary N) is 2. The molecule has 0 radical (unpaired) electrons. The maximum atomic E-state index is 14.3. The number of nitrogen functional groups attached to an aromatic ring is 1. The number of benzene rings is 13. The maximum Gasteiger partial charge on any atom is 0.254 e. The molecule has 2 amide bonds. The maximum absolute atomic E-state index is 14.3. The van der Waals surface area contributed by atoms with Gasteiger partial charge in [0.1, 0.15) is 97.0 Å². The Morgan fingerprint density at radius 1 is 0.411 bits per heavy atom. The lowest BCUT2D eigenvalue weighted by Crippen LogP contribution is -2.16. The zero-order valence-electron chi connectivity index (χ0n) is 60.5. The number of aromatic nitrogens is 3. The van der Waals surface area contributed by atoms with Crippen molar-refractivity contribution < 1.29 is 51.5 Å². The average Bonchev–Trinajstić information content (AvgIpc) is 1.82. The SMILES string of the molecule is BrCc1nc2cc(Oc3ccccc3)ccc2s1.CC(=O)Nc1ccc(Oc2ccccc2)cc1.CC(=S)Nc1ccc(Oc2ccccc2)cc1.Cc1nc2cc(Oc3ccccc3)ccc2s1.NC(=O)c1c(F)ccc(OCc2nc3cc(Oc4ccccc4)ccc3s2)c1F.Nc1ccc(Oc2ccccc2)cc1. The number of halogens is 3. The number of anilines is 3. The fourth-order valence-corrected chi connectivity index (χ4v) is 13.2. The van der Waals surface area contributed by atoms with E-state index in [0.717, 1.165) is 123 Å². The number of nitrogens with zero attached hydrogens (tertiary/aromatic N) is 3. The normalized spacial score (nSPS) is 10.3. The van der Waals surface area contributed by atoms with Crippen molar-refractivity contribution in [3.63, 3.8) is 0 Å². The standard InChI is InChI=1S/C21H14F2N2O3S.C14H10BrNOS.C14H13NO2.C14H11NOS.C14H13NOS.C12H11NO/c22-14-7-8-16(20(23)19(14)21(24)26)27-11-18-25-15-10-13(6-9-17(15)29-18)28-12-4-2-1-3-5-12;15-9-14-16-12-8-11(6-7-13(12)18-14)17-10-4-2-1-3-5-10;1-11(16)15-12-7-9-14(10-8-12)17-13-5-3-2-4-6-13;1-10-15-13-9-12(7-8-14(13)17-10)16-11-5-3-2-4-6-11;1-11(17)15-12-7-9-14(10-8-12)16-13-5-3-2-4-6-13;13-10-6-8-12(9-7-10)14-11-4-2-1-3-5-11/h1-10H,11H2,(H2,24,26);1-8H,9H2;2-10H,1H3,(H,15,16);2-9H,1H3;2-10H,1H3,(H,15,17);1-9H,13H2. The van der Waals surface area contributed by atoms with Crippen LogP contribution in [0.15, 0.2) is 322 Å². The van der Waals surface area contributed by atoms with Gasteiger partial charge in [-0.25, -0.2) is 23.7 Å². The van der Waals surface area contributed by atoms with Gasteiger partial charge in [0, 0.05) is 42.2 Å². The first-order valence-corrected chi connectivity index (χ1v) is 38.6. The number of ether oxygens (including phenoxy) is 7. The van der Waals surface area contributed by atoms with Crippen LogP contribution in [0.3, 0.4) is 0 Å². The second kappa shape index (κ2) is 41.1. The largest absolute Gasteiger partial charge is 0.483 e. The molecule has 0 bridgehead atoms. The van der Waals surface area contributed by atoms with Crippen molar-refractivity contribution in [2.75, 3.05) is 16.4 Å². The lowest BCUT2D eigenvalue weighted by atomic mass is 10.2. The van der Waals surface area contributed by atoms with Crippen LogP contribution in [0.5, 0.6) is 74.7 Å². The van der Waals surface area contributed by atoms with E-state index in [4.69, 9.17) is 56.8 Å². The number of nitrogens with one attached hydrogen (secondary N) is 2. The highest BCUT2D eigenvalue weighted by Gasteiger charge is 2.20. The number of amides is 2. The second-order valence-corrected chi connectivity index (χ2v) is 28.5. The molecule has 112 heavy (non-hydrogen) atoms. The van der Waals surface area contributed by atoms with Crippen LogP contribution in [0.2, 0.25) is 0 Å². The van der Waals surface area contributed by atoms with Crippen molar-refractivity contribution >= 4 is 127 Å². The van der Waals surface area contributed by atoms with E-state index in [-0.39, 0.29) is 18.3 Å². The number of rotatable bonds is 19. The molecule has 13 aromatic carbocycles. The molecule has 16 nitrogen and oxygen atoms in total. The van der Waals surface area contributed by atoms with Gasteiger partial charge in [0.25, 0.3) is 5.91 Å². The van der Waals surface area contributed by atoms with Crippen LogP contribution in [0.1, 0.15) is 39.2 Å². The van der Waals surface area contributed by atoms with Gasteiger partial charge in [0.2, 0.25) is 5.91 Å². The fraction of sp³-hybridized carbons (Fsp3) is 0.0562. The minimum atomic E-state index is -1.20. The third-order valence-electron chi connectivity index (χ3n) is 15.1. The van der Waals surface area contributed by atoms with Gasteiger partial charge in [-0.05, 0) is 208 Å². The lowest BCUT2D eigenvalue weighted by Gasteiger charge is -2.08. The minimum Gasteiger partial charge on any atom is -0.483 e. The van der Waals surface area contributed by atoms with E-state index >= 15 is 0 Å². The van der Waals surface area contributed by atoms with Gasteiger partial charge in [-0.2, -0.15) is 0 Å². The molecule has 0 aliphatic rings. The topological polar surface area (TPSA) is 214 Å². The van der Waals surface area contributed by atoms with Gasteiger partial charge in [0.15, 0.2) is 11.6 Å². The third kappa shape index (κ3) is 25.3. The van der Waals surface area contributed by atoms with E-state index in [2.05, 4.69) is 53.6 Å². The van der Waals surface area contributed by atoms with Crippen LogP contribution in [-0.4, -0.2) is 31.8 Å². The molecule has 0 spiro atoms. The summed E-state index contributed by atoms with van der Waals surface area (Å²) in [5.41, 5.74) is 14.9. The van der Waals surface area contributed by atoms with Gasteiger partial charge < -0.3 is 55.3 Å². The van der Waals surface area contributed by atoms with Gasteiger partial charge in [-0.1, -0.05) is 137 Å². The summed E-state index contributed by atoms with van der Waals surface area (Å²) in [6.07, 6.45) is 0. The summed E-state index contributed by atoms with van der Waals surface area (Å²) in [5.74, 6) is 5.77. The number of thiazole rings is 3. The van der Waals surface area contributed by atoms with E-state index < -0.39 is 23.1 Å². The summed E-state index contributed by atoms with van der Waals surface area (Å²) in [6.45, 7) is 5.30. The molecule has 16 aromatic rings. The Balaban J connectivity index is 0.000000135. The highest BCUT2D eigenvalue weighted by atomic mass is 79.9. The predicted molar refractivity (Wildman–Crippen MR) is 454 cm³/mol. The zero-order chi connectivity index (χ0) is 78.4. The van der Waals surface area contributed by atoms with Crippen molar-refractivity contribution in [1.82, 2.24) is 15.0 Å². The number of fused-ring (bicyclic) bond motifs is 3. The van der Waals surface area contributed by atoms with E-state index in [1.807, 2.05) is 293 Å². The van der Waals surface area contributed by atoms with E-state index in [1.165, 1.54) is 27.7 Å². The third-order valence-corrected chi connectivity index (χ3v) is 19.1. The number of thiocarbonyl (C=S) groups is 1. The molecule has 0 atom stereocenters. The number of alkyl halides is 1. The van der Waals surface area contributed by atoms with Crippen molar-refractivity contribution in [3.8, 4) is 74.7 Å². The Bertz CT molecular complexity index is 5580. The van der Waals surface area contributed by atoms with E-state index in [9.17, 15) is 18.4 Å². The molecule has 0 saturated heterocycles. The summed E-state index contributed by atoms with van der Waals surface area (Å²) >= 11 is 13.2. The molecule has 16 rings (SSSR count). The van der Waals surface area contributed by atoms with Crippen LogP contribution in [0.4, 0.5) is 25.8 Å². The summed E-state index contributed by atoms with van der Waals surface area (Å²) < 4.78 is 70.7. The van der Waals surface area contributed by atoms with Gasteiger partial charge in [-0.3, -0.25) is 9.59 Å². The quantitative estimate of drug-likeness (QED) is 0.0337. The van der Waals surface area contributed by atoms with Crippen molar-refractivity contribution in [3.05, 3.63) is 354 Å². The lowest BCUT2D eigenvalue weighted by molar-refractivity contribution is -0.114. The fourth-order valence-electron chi connectivity index (χ4n) is 10.2.